The van der Waals surface area contributed by atoms with Crippen molar-refractivity contribution in [3.05, 3.63) is 0 Å². The monoisotopic (exact) mass is 149 g/mol. The summed E-state index contributed by atoms with van der Waals surface area (Å²) in [7, 11) is -2.68. The van der Waals surface area contributed by atoms with Crippen molar-refractivity contribution >= 4 is 20.9 Å². The molecule has 0 aromatic carbocycles. The van der Waals surface area contributed by atoms with Crippen LogP contribution in [0.15, 0.2) is 0 Å². The Balaban J connectivity index is 0. The molecule has 0 aromatic heterocycles. The van der Waals surface area contributed by atoms with Crippen LogP contribution in [0.2, 0.25) is 0 Å². The van der Waals surface area contributed by atoms with E-state index in [1.165, 1.54) is 0 Å². The van der Waals surface area contributed by atoms with E-state index in [1.807, 2.05) is 0 Å². The number of thiol groups is 1. The van der Waals surface area contributed by atoms with Crippen LogP contribution in [0, 0.1) is 0 Å². The van der Waals surface area contributed by atoms with Crippen LogP contribution in [0.1, 0.15) is 0 Å². The molecule has 1 atom stereocenters. The predicted molar refractivity (Wildman–Crippen MR) is 22.5 cm³/mol. The van der Waals surface area contributed by atoms with Crippen LogP contribution in [0.3, 0.4) is 0 Å². The Labute approximate surface area is 70.1 Å². The van der Waals surface area contributed by atoms with Gasteiger partial charge in [-0.25, -0.2) is 0 Å². The second-order valence-electron chi connectivity index (χ2n) is 0.482. The predicted octanol–water partition coefficient (Wildman–Crippen LogP) is -3.09. The zero-order valence-corrected chi connectivity index (χ0v) is 7.62. The van der Waals surface area contributed by atoms with Crippen molar-refractivity contribution < 1.29 is 43.5 Å². The normalized spacial score (nSPS) is 9.71. The second-order valence-corrected chi connectivity index (χ2v) is 1.45. The van der Waals surface area contributed by atoms with Crippen LogP contribution in [-0.4, -0.2) is 5.94 Å². The molecule has 6 heteroatoms. The molecule has 0 amide bonds. The molecule has 0 fully saturated rings. The Morgan fingerprint density at radius 3 is 2.29 bits per heavy atom. The molecular weight excluding hydrogens is 146 g/mol. The molecule has 0 aliphatic heterocycles. The molecule has 0 spiro atoms. The van der Waals surface area contributed by atoms with Crippen molar-refractivity contribution in [3.63, 3.8) is 0 Å². The summed E-state index contributed by atoms with van der Waals surface area (Å²) in [5.74, 6) is -0.0707. The van der Waals surface area contributed by atoms with Gasteiger partial charge in [-0.15, -0.1) is 17.2 Å². The molecule has 0 aliphatic carbocycles. The molecule has 36 valence electrons. The van der Waals surface area contributed by atoms with Crippen LogP contribution in [-0.2, 0) is 9.09 Å². The maximum atomic E-state index is 9.37. The van der Waals surface area contributed by atoms with Crippen molar-refractivity contribution in [2.45, 2.75) is 0 Å². The van der Waals surface area contributed by atoms with Gasteiger partial charge < -0.3 is 4.89 Å². The number of hydrogen-bond donors (Lipinski definition) is 1. The summed E-state index contributed by atoms with van der Waals surface area (Å²) in [4.78, 5) is 9.37. The van der Waals surface area contributed by atoms with E-state index < -0.39 is 8.25 Å². The Morgan fingerprint density at radius 2 is 2.29 bits per heavy atom. The van der Waals surface area contributed by atoms with Gasteiger partial charge in [0.25, 0.3) is 0 Å². The minimum atomic E-state index is -2.68. The standard InChI is InChI=1S/CH3O3PS.Na/c2-5(3)4-1-6;/h6H,1H2;/q;+1. The van der Waals surface area contributed by atoms with E-state index in [1.54, 1.807) is 0 Å². The van der Waals surface area contributed by atoms with E-state index in [0.29, 0.717) is 0 Å². The quantitative estimate of drug-likeness (QED) is 0.196. The summed E-state index contributed by atoms with van der Waals surface area (Å²) in [5.41, 5.74) is 0. The fourth-order valence-electron chi connectivity index (χ4n) is 0.0471. The third-order valence-corrected chi connectivity index (χ3v) is 0.836. The average Bonchev–Trinajstić information content (AvgIpc) is 1.35. The van der Waals surface area contributed by atoms with Gasteiger partial charge in [0.05, 0.1) is 0 Å². The Bertz CT molecular complexity index is 58.9. The number of rotatable bonds is 2. The van der Waals surface area contributed by atoms with Crippen LogP contribution in [0.5, 0.6) is 0 Å². The van der Waals surface area contributed by atoms with Gasteiger partial charge in [-0.1, -0.05) is 0 Å². The SMILES string of the molecule is O=[P+]([O-])OCS.[Na+]. The minimum absolute atomic E-state index is 0. The summed E-state index contributed by atoms with van der Waals surface area (Å²) in [5, 5.41) is 0. The van der Waals surface area contributed by atoms with Crippen molar-refractivity contribution in [1.29, 1.82) is 0 Å². The van der Waals surface area contributed by atoms with E-state index in [2.05, 4.69) is 17.2 Å². The maximum Gasteiger partial charge on any atom is 1.00 e. The largest absolute Gasteiger partial charge is 1.00 e. The molecule has 0 radical (unpaired) electrons. The Kier molecular flexibility index (Phi) is 11.8. The minimum Gasteiger partial charge on any atom is -0.566 e. The van der Waals surface area contributed by atoms with Crippen molar-refractivity contribution in [3.8, 4) is 0 Å². The third-order valence-electron chi connectivity index (χ3n) is 0.163. The Morgan fingerprint density at radius 1 is 1.86 bits per heavy atom. The van der Waals surface area contributed by atoms with Gasteiger partial charge >= 0.3 is 37.8 Å². The van der Waals surface area contributed by atoms with Crippen LogP contribution < -0.4 is 34.5 Å². The fraction of sp³-hybridized carbons (Fsp3) is 1.00. The van der Waals surface area contributed by atoms with Crippen LogP contribution in [0.4, 0.5) is 0 Å². The average molecular weight is 149 g/mol. The first-order valence-electron chi connectivity index (χ1n) is 1.15. The summed E-state index contributed by atoms with van der Waals surface area (Å²) < 4.78 is 13.2. The molecule has 0 bridgehead atoms. The molecule has 7 heavy (non-hydrogen) atoms. The third kappa shape index (κ3) is 11.1. The zero-order chi connectivity index (χ0) is 4.99. The topological polar surface area (TPSA) is 49.4 Å². The molecule has 0 heterocycles. The molecule has 3 nitrogen and oxygen atoms in total. The summed E-state index contributed by atoms with van der Waals surface area (Å²) in [6.07, 6.45) is 0. The van der Waals surface area contributed by atoms with Crippen molar-refractivity contribution in [2.75, 3.05) is 5.94 Å². The summed E-state index contributed by atoms with van der Waals surface area (Å²) >= 11 is 3.45. The summed E-state index contributed by atoms with van der Waals surface area (Å²) in [6, 6.07) is 0. The van der Waals surface area contributed by atoms with Gasteiger partial charge in [0.2, 0.25) is 0 Å². The molecule has 0 aromatic rings. The first kappa shape index (κ1) is 11.2. The molecular formula is CH3NaO3PS+. The first-order chi connectivity index (χ1) is 2.77. The van der Waals surface area contributed by atoms with Crippen LogP contribution >= 0.6 is 20.9 Å². The van der Waals surface area contributed by atoms with Crippen molar-refractivity contribution in [1.82, 2.24) is 0 Å². The molecule has 0 saturated carbocycles. The molecule has 0 saturated heterocycles. The van der Waals surface area contributed by atoms with E-state index >= 15 is 0 Å². The van der Waals surface area contributed by atoms with Crippen molar-refractivity contribution in [2.24, 2.45) is 0 Å². The van der Waals surface area contributed by atoms with Gasteiger partial charge in [-0.2, -0.15) is 0 Å². The zero-order valence-electron chi connectivity index (χ0n) is 3.83. The molecule has 1 unspecified atom stereocenters. The van der Waals surface area contributed by atoms with Gasteiger partial charge in [0.15, 0.2) is 0 Å². The van der Waals surface area contributed by atoms with E-state index in [0.717, 1.165) is 0 Å². The molecule has 0 aliphatic rings. The molecule has 0 rings (SSSR count). The van der Waals surface area contributed by atoms with Gasteiger partial charge in [-0.05, 0) is 4.57 Å². The van der Waals surface area contributed by atoms with E-state index in [4.69, 9.17) is 0 Å². The fourth-order valence-corrected chi connectivity index (χ4v) is 0.424. The van der Waals surface area contributed by atoms with Gasteiger partial charge in [-0.3, -0.25) is 0 Å². The molecule has 0 N–H and O–H groups in total. The first-order valence-corrected chi connectivity index (χ1v) is 2.88. The van der Waals surface area contributed by atoms with E-state index in [9.17, 15) is 9.46 Å². The number of hydrogen-bond acceptors (Lipinski definition) is 4. The Hall–Kier alpha value is 1.37. The smallest absolute Gasteiger partial charge is 0.566 e. The maximum absolute atomic E-state index is 9.37. The van der Waals surface area contributed by atoms with Gasteiger partial charge in [0.1, 0.15) is 5.94 Å². The van der Waals surface area contributed by atoms with Crippen LogP contribution in [0.25, 0.3) is 0 Å². The summed E-state index contributed by atoms with van der Waals surface area (Å²) in [6.45, 7) is 0. The van der Waals surface area contributed by atoms with E-state index in [-0.39, 0.29) is 35.5 Å². The second kappa shape index (κ2) is 7.37. The van der Waals surface area contributed by atoms with Gasteiger partial charge in [0, 0.05) is 0 Å².